The Morgan fingerprint density at radius 2 is 1.32 bits per heavy atom. The summed E-state index contributed by atoms with van der Waals surface area (Å²) in [6.45, 7) is 0. The third-order valence-electron chi connectivity index (χ3n) is 4.12. The van der Waals surface area contributed by atoms with Crippen LogP contribution in [0.25, 0.3) is 28.1 Å². The Morgan fingerprint density at radius 3 is 2.04 bits per heavy atom. The number of para-hydroxylation sites is 1. The third-order valence-corrected chi connectivity index (χ3v) is 4.12. The quantitative estimate of drug-likeness (QED) is 0.577. The van der Waals surface area contributed by atoms with Crippen molar-refractivity contribution in [2.75, 3.05) is 0 Å². The number of phenolic OH excluding ortho intramolecular Hbond substituents is 2. The van der Waals surface area contributed by atoms with Crippen molar-refractivity contribution < 1.29 is 10.2 Å². The normalized spacial score (nSPS) is 10.7. The molecule has 0 aliphatic rings. The van der Waals surface area contributed by atoms with Gasteiger partial charge in [-0.05, 0) is 29.8 Å². The molecule has 25 heavy (non-hydrogen) atoms. The first-order chi connectivity index (χ1) is 12.2. The van der Waals surface area contributed by atoms with Gasteiger partial charge in [-0.25, -0.2) is 4.68 Å². The lowest BCUT2D eigenvalue weighted by Crippen LogP contribution is -1.98. The summed E-state index contributed by atoms with van der Waals surface area (Å²) < 4.78 is 1.76. The molecule has 3 aromatic carbocycles. The van der Waals surface area contributed by atoms with Gasteiger partial charge in [-0.2, -0.15) is 5.10 Å². The molecule has 1 heterocycles. The molecule has 2 N–H and O–H groups in total. The minimum atomic E-state index is 0.00913. The van der Waals surface area contributed by atoms with Gasteiger partial charge >= 0.3 is 0 Å². The van der Waals surface area contributed by atoms with Gasteiger partial charge in [0.05, 0.1) is 17.6 Å². The van der Waals surface area contributed by atoms with Gasteiger partial charge < -0.3 is 10.2 Å². The van der Waals surface area contributed by atoms with Gasteiger partial charge in [-0.15, -0.1) is 0 Å². The Labute approximate surface area is 145 Å². The number of rotatable bonds is 3. The average Bonchev–Trinajstić information content (AvgIpc) is 3.13. The van der Waals surface area contributed by atoms with E-state index in [0.29, 0.717) is 11.1 Å². The Balaban J connectivity index is 1.89. The van der Waals surface area contributed by atoms with Gasteiger partial charge in [-0.3, -0.25) is 0 Å². The smallest absolute Gasteiger partial charge is 0.128 e. The second kappa shape index (κ2) is 6.17. The number of hydrogen-bond donors (Lipinski definition) is 2. The van der Waals surface area contributed by atoms with Crippen molar-refractivity contribution >= 4 is 0 Å². The molecule has 0 amide bonds. The van der Waals surface area contributed by atoms with E-state index in [9.17, 15) is 10.2 Å². The fourth-order valence-electron chi connectivity index (χ4n) is 2.91. The van der Waals surface area contributed by atoms with Gasteiger partial charge in [0.25, 0.3) is 0 Å². The molecule has 1 aromatic heterocycles. The van der Waals surface area contributed by atoms with Crippen LogP contribution in [0.3, 0.4) is 0 Å². The molecule has 4 nitrogen and oxygen atoms in total. The number of hydrogen-bond acceptors (Lipinski definition) is 3. The second-order valence-electron chi connectivity index (χ2n) is 5.72. The molecule has 0 saturated carbocycles. The van der Waals surface area contributed by atoms with E-state index in [2.05, 4.69) is 5.10 Å². The van der Waals surface area contributed by atoms with E-state index in [1.807, 2.05) is 66.7 Å². The van der Waals surface area contributed by atoms with Gasteiger partial charge in [0.1, 0.15) is 11.5 Å². The van der Waals surface area contributed by atoms with Gasteiger partial charge in [0.15, 0.2) is 0 Å². The first kappa shape index (κ1) is 15.0. The summed E-state index contributed by atoms with van der Waals surface area (Å²) in [6, 6.07) is 24.3. The predicted molar refractivity (Wildman–Crippen MR) is 97.8 cm³/mol. The maximum atomic E-state index is 10.4. The van der Waals surface area contributed by atoms with E-state index in [0.717, 1.165) is 16.9 Å². The molecule has 0 spiro atoms. The summed E-state index contributed by atoms with van der Waals surface area (Å²) >= 11 is 0. The molecule has 4 rings (SSSR count). The van der Waals surface area contributed by atoms with Crippen molar-refractivity contribution in [3.63, 3.8) is 0 Å². The Hall–Kier alpha value is -3.53. The van der Waals surface area contributed by atoms with Crippen LogP contribution in [0.15, 0.2) is 85.1 Å². The van der Waals surface area contributed by atoms with Crippen LogP contribution in [0.5, 0.6) is 11.5 Å². The highest BCUT2D eigenvalue weighted by Gasteiger charge is 2.15. The molecule has 0 fully saturated rings. The second-order valence-corrected chi connectivity index (χ2v) is 5.72. The Kier molecular flexibility index (Phi) is 3.71. The highest BCUT2D eigenvalue weighted by molar-refractivity contribution is 5.80. The molecule has 0 saturated heterocycles. The highest BCUT2D eigenvalue weighted by atomic mass is 16.3. The number of phenols is 2. The van der Waals surface area contributed by atoms with Crippen LogP contribution in [0, 0.1) is 0 Å². The first-order valence-corrected chi connectivity index (χ1v) is 7.95. The fourth-order valence-corrected chi connectivity index (χ4v) is 2.91. The van der Waals surface area contributed by atoms with Crippen molar-refractivity contribution in [3.8, 4) is 39.6 Å². The minimum Gasteiger partial charge on any atom is -0.507 e. The lowest BCUT2D eigenvalue weighted by molar-refractivity contribution is 0.453. The standard InChI is InChI=1S/C21H16N2O2/c24-20-14-21(25)18(13-17(20)15-7-3-1-4-8-15)19-11-12-22-23(19)16-9-5-2-6-10-16/h1-14,24-25H. The number of aromatic nitrogens is 2. The molecule has 0 unspecified atom stereocenters. The largest absolute Gasteiger partial charge is 0.507 e. The average molecular weight is 328 g/mol. The maximum absolute atomic E-state index is 10.4. The van der Waals surface area contributed by atoms with E-state index in [-0.39, 0.29) is 11.5 Å². The third kappa shape index (κ3) is 2.74. The highest BCUT2D eigenvalue weighted by Crippen LogP contribution is 2.40. The Bertz CT molecular complexity index is 1010. The SMILES string of the molecule is Oc1cc(O)c(-c2ccnn2-c2ccccc2)cc1-c1ccccc1. The molecule has 122 valence electrons. The Morgan fingerprint density at radius 1 is 0.680 bits per heavy atom. The van der Waals surface area contributed by atoms with Crippen molar-refractivity contribution in [2.45, 2.75) is 0 Å². The maximum Gasteiger partial charge on any atom is 0.128 e. The van der Waals surface area contributed by atoms with Crippen molar-refractivity contribution in [1.29, 1.82) is 0 Å². The predicted octanol–water partition coefficient (Wildman–Crippen LogP) is 4.62. The zero-order valence-electron chi connectivity index (χ0n) is 13.4. The summed E-state index contributed by atoms with van der Waals surface area (Å²) in [5.74, 6) is 0.0492. The first-order valence-electron chi connectivity index (χ1n) is 7.95. The summed E-state index contributed by atoms with van der Waals surface area (Å²) in [5, 5.41) is 25.0. The number of nitrogens with zero attached hydrogens (tertiary/aromatic N) is 2. The molecular weight excluding hydrogens is 312 g/mol. The molecule has 4 heteroatoms. The van der Waals surface area contributed by atoms with Gasteiger partial charge in [-0.1, -0.05) is 48.5 Å². The van der Waals surface area contributed by atoms with Crippen LogP contribution in [0.1, 0.15) is 0 Å². The summed E-state index contributed by atoms with van der Waals surface area (Å²) in [6.07, 6.45) is 1.69. The summed E-state index contributed by atoms with van der Waals surface area (Å²) in [4.78, 5) is 0. The van der Waals surface area contributed by atoms with Crippen molar-refractivity contribution in [3.05, 3.63) is 85.1 Å². The summed E-state index contributed by atoms with van der Waals surface area (Å²) in [5.41, 5.74) is 3.80. The van der Waals surface area contributed by atoms with E-state index >= 15 is 0 Å². The van der Waals surface area contributed by atoms with Crippen molar-refractivity contribution in [1.82, 2.24) is 9.78 Å². The van der Waals surface area contributed by atoms with Gasteiger partial charge in [0, 0.05) is 17.2 Å². The number of benzene rings is 3. The summed E-state index contributed by atoms with van der Waals surface area (Å²) in [7, 11) is 0. The van der Waals surface area contributed by atoms with E-state index < -0.39 is 0 Å². The zero-order valence-corrected chi connectivity index (χ0v) is 13.4. The molecule has 0 aliphatic carbocycles. The molecule has 0 radical (unpaired) electrons. The van der Waals surface area contributed by atoms with Crippen LogP contribution in [-0.4, -0.2) is 20.0 Å². The number of aromatic hydroxyl groups is 2. The molecule has 0 atom stereocenters. The monoisotopic (exact) mass is 328 g/mol. The van der Waals surface area contributed by atoms with E-state index in [1.54, 1.807) is 16.9 Å². The minimum absolute atomic E-state index is 0.00913. The van der Waals surface area contributed by atoms with E-state index in [4.69, 9.17) is 0 Å². The molecule has 4 aromatic rings. The van der Waals surface area contributed by atoms with Crippen LogP contribution in [-0.2, 0) is 0 Å². The van der Waals surface area contributed by atoms with Gasteiger partial charge in [0.2, 0.25) is 0 Å². The fraction of sp³-hybridized carbons (Fsp3) is 0. The van der Waals surface area contributed by atoms with E-state index in [1.165, 1.54) is 6.07 Å². The van der Waals surface area contributed by atoms with Crippen LogP contribution < -0.4 is 0 Å². The lowest BCUT2D eigenvalue weighted by atomic mass is 9.99. The molecule has 0 bridgehead atoms. The van der Waals surface area contributed by atoms with Crippen molar-refractivity contribution in [2.24, 2.45) is 0 Å². The zero-order chi connectivity index (χ0) is 17.2. The topological polar surface area (TPSA) is 58.3 Å². The molecule has 0 aliphatic heterocycles. The van der Waals surface area contributed by atoms with Crippen LogP contribution in [0.4, 0.5) is 0 Å². The molecular formula is C21H16N2O2. The lowest BCUT2D eigenvalue weighted by Gasteiger charge is -2.12. The van der Waals surface area contributed by atoms with Crippen LogP contribution in [0.2, 0.25) is 0 Å². The van der Waals surface area contributed by atoms with Crippen LogP contribution >= 0.6 is 0 Å².